The molecule has 0 fully saturated rings. The largest absolute Gasteiger partial charge is 0.388 e. The number of nitrogens with one attached hydrogen (secondary N) is 1. The topological polar surface area (TPSA) is 12.0 Å². The monoisotopic (exact) mass is 101 g/mol. The molecular formula is C5H8FN. The lowest BCUT2D eigenvalue weighted by Crippen LogP contribution is -2.21. The summed E-state index contributed by atoms with van der Waals surface area (Å²) >= 11 is 0. The fourth-order valence-corrected chi connectivity index (χ4v) is 0.578. The van der Waals surface area contributed by atoms with E-state index in [2.05, 4.69) is 5.32 Å². The minimum atomic E-state index is -0.662. The Morgan fingerprint density at radius 3 is 2.86 bits per heavy atom. The van der Waals surface area contributed by atoms with Gasteiger partial charge in [-0.15, -0.1) is 0 Å². The van der Waals surface area contributed by atoms with Gasteiger partial charge in [0.15, 0.2) is 0 Å². The summed E-state index contributed by atoms with van der Waals surface area (Å²) in [5.41, 5.74) is 0. The number of hydrogen-bond donors (Lipinski definition) is 1. The first-order valence-corrected chi connectivity index (χ1v) is 2.42. The molecule has 0 aromatic carbocycles. The van der Waals surface area contributed by atoms with Crippen LogP contribution in [0.15, 0.2) is 12.3 Å². The average Bonchev–Trinajstić information content (AvgIpc) is 1.69. The van der Waals surface area contributed by atoms with Gasteiger partial charge in [-0.2, -0.15) is 0 Å². The first kappa shape index (κ1) is 4.62. The van der Waals surface area contributed by atoms with Crippen LogP contribution in [0, 0.1) is 0 Å². The maximum Gasteiger partial charge on any atom is 0.121 e. The molecule has 0 spiro atoms. The normalized spacial score (nSPS) is 29.6. The Labute approximate surface area is 42.2 Å². The maximum atomic E-state index is 12.1. The molecule has 1 unspecified atom stereocenters. The van der Waals surface area contributed by atoms with Crippen molar-refractivity contribution in [1.82, 2.24) is 5.32 Å². The number of alkyl halides is 1. The number of allylic oxidation sites excluding steroid dienone is 1. The molecule has 7 heavy (non-hydrogen) atoms. The zero-order valence-corrected chi connectivity index (χ0v) is 4.02. The Hall–Kier alpha value is -0.530. The first-order chi connectivity index (χ1) is 3.39. The number of halogens is 1. The highest BCUT2D eigenvalue weighted by Crippen LogP contribution is 2.00. The van der Waals surface area contributed by atoms with Crippen LogP contribution in [0.5, 0.6) is 0 Å². The second kappa shape index (κ2) is 1.96. The predicted octanol–water partition coefficient (Wildman–Crippen LogP) is 0.831. The Balaban J connectivity index is 2.32. The van der Waals surface area contributed by atoms with Gasteiger partial charge in [-0.25, -0.2) is 4.39 Å². The molecule has 1 aliphatic heterocycles. The van der Waals surface area contributed by atoms with Crippen LogP contribution in [-0.4, -0.2) is 12.7 Å². The molecule has 0 aromatic rings. The predicted molar refractivity (Wildman–Crippen MR) is 26.7 cm³/mol. The van der Waals surface area contributed by atoms with Gasteiger partial charge in [0, 0.05) is 6.54 Å². The van der Waals surface area contributed by atoms with E-state index in [4.69, 9.17) is 0 Å². The molecule has 1 nitrogen and oxygen atoms in total. The van der Waals surface area contributed by atoms with Gasteiger partial charge >= 0.3 is 0 Å². The minimum Gasteiger partial charge on any atom is -0.388 e. The van der Waals surface area contributed by atoms with Gasteiger partial charge in [-0.1, -0.05) is 6.08 Å². The van der Waals surface area contributed by atoms with Crippen LogP contribution in [0.2, 0.25) is 0 Å². The van der Waals surface area contributed by atoms with Gasteiger partial charge in [0.05, 0.1) is 0 Å². The van der Waals surface area contributed by atoms with Gasteiger partial charge in [0.25, 0.3) is 0 Å². The SMILES string of the molecule is FC1CC=CNC1. The third kappa shape index (κ3) is 1.18. The molecule has 40 valence electrons. The van der Waals surface area contributed by atoms with E-state index in [1.165, 1.54) is 0 Å². The van der Waals surface area contributed by atoms with E-state index in [9.17, 15) is 4.39 Å². The van der Waals surface area contributed by atoms with Crippen LogP contribution in [0.1, 0.15) is 6.42 Å². The van der Waals surface area contributed by atoms with E-state index in [-0.39, 0.29) is 0 Å². The molecule has 1 rings (SSSR count). The van der Waals surface area contributed by atoms with Crippen LogP contribution >= 0.6 is 0 Å². The molecule has 0 radical (unpaired) electrons. The summed E-state index contributed by atoms with van der Waals surface area (Å²) < 4.78 is 12.1. The highest BCUT2D eigenvalue weighted by atomic mass is 19.1. The second-order valence-electron chi connectivity index (χ2n) is 1.64. The molecule has 2 heteroatoms. The van der Waals surface area contributed by atoms with Crippen molar-refractivity contribution in [1.29, 1.82) is 0 Å². The molecule has 1 atom stereocenters. The molecule has 1 heterocycles. The standard InChI is InChI=1S/C5H8FN/c6-5-2-1-3-7-4-5/h1,3,5,7H,2,4H2. The van der Waals surface area contributed by atoms with E-state index in [1.54, 1.807) is 12.3 Å². The van der Waals surface area contributed by atoms with Gasteiger partial charge in [-0.05, 0) is 12.6 Å². The summed E-state index contributed by atoms with van der Waals surface area (Å²) in [7, 11) is 0. The van der Waals surface area contributed by atoms with E-state index < -0.39 is 6.17 Å². The van der Waals surface area contributed by atoms with Crippen molar-refractivity contribution >= 4 is 0 Å². The first-order valence-electron chi connectivity index (χ1n) is 2.42. The van der Waals surface area contributed by atoms with Crippen LogP contribution in [0.4, 0.5) is 4.39 Å². The third-order valence-electron chi connectivity index (χ3n) is 0.967. The van der Waals surface area contributed by atoms with Crippen molar-refractivity contribution < 1.29 is 4.39 Å². The molecule has 0 saturated heterocycles. The zero-order valence-electron chi connectivity index (χ0n) is 4.02. The Morgan fingerprint density at radius 1 is 1.71 bits per heavy atom. The van der Waals surface area contributed by atoms with Crippen molar-refractivity contribution in [2.45, 2.75) is 12.6 Å². The fraction of sp³-hybridized carbons (Fsp3) is 0.600. The van der Waals surface area contributed by atoms with Crippen LogP contribution in [0.25, 0.3) is 0 Å². The van der Waals surface area contributed by atoms with E-state index in [0.717, 1.165) is 0 Å². The lowest BCUT2D eigenvalue weighted by atomic mass is 10.2. The quantitative estimate of drug-likeness (QED) is 0.476. The molecule has 1 N–H and O–H groups in total. The van der Waals surface area contributed by atoms with Crippen molar-refractivity contribution in [2.24, 2.45) is 0 Å². The highest BCUT2D eigenvalue weighted by molar-refractivity contribution is 4.88. The average molecular weight is 101 g/mol. The smallest absolute Gasteiger partial charge is 0.121 e. The molecule has 0 bridgehead atoms. The summed E-state index contributed by atoms with van der Waals surface area (Å²) in [6, 6.07) is 0. The van der Waals surface area contributed by atoms with E-state index >= 15 is 0 Å². The molecule has 0 aliphatic carbocycles. The summed E-state index contributed by atoms with van der Waals surface area (Å²) in [6.45, 7) is 0.483. The lowest BCUT2D eigenvalue weighted by Gasteiger charge is -2.08. The number of hydrogen-bond acceptors (Lipinski definition) is 1. The molecule has 0 saturated carbocycles. The van der Waals surface area contributed by atoms with Gasteiger partial charge in [0.1, 0.15) is 6.17 Å². The summed E-state index contributed by atoms with van der Waals surface area (Å²) in [4.78, 5) is 0. The van der Waals surface area contributed by atoms with Crippen LogP contribution < -0.4 is 5.32 Å². The third-order valence-corrected chi connectivity index (χ3v) is 0.967. The Morgan fingerprint density at radius 2 is 2.57 bits per heavy atom. The van der Waals surface area contributed by atoms with Crippen molar-refractivity contribution in [3.63, 3.8) is 0 Å². The Bertz CT molecular complexity index is 80.1. The summed E-state index contributed by atoms with van der Waals surface area (Å²) in [5, 5.41) is 2.78. The van der Waals surface area contributed by atoms with Gasteiger partial charge in [-0.3, -0.25) is 0 Å². The van der Waals surface area contributed by atoms with E-state index in [1.807, 2.05) is 0 Å². The van der Waals surface area contributed by atoms with Crippen LogP contribution in [0.3, 0.4) is 0 Å². The van der Waals surface area contributed by atoms with Crippen molar-refractivity contribution in [3.05, 3.63) is 12.3 Å². The maximum absolute atomic E-state index is 12.1. The molecular weight excluding hydrogens is 93.1 g/mol. The van der Waals surface area contributed by atoms with Gasteiger partial charge < -0.3 is 5.32 Å². The minimum absolute atomic E-state index is 0.483. The van der Waals surface area contributed by atoms with Crippen LogP contribution in [-0.2, 0) is 0 Å². The van der Waals surface area contributed by atoms with Crippen molar-refractivity contribution in [3.8, 4) is 0 Å². The Kier molecular flexibility index (Phi) is 1.29. The van der Waals surface area contributed by atoms with Gasteiger partial charge in [0.2, 0.25) is 0 Å². The number of rotatable bonds is 0. The lowest BCUT2D eigenvalue weighted by molar-refractivity contribution is 0.323. The fourth-order valence-electron chi connectivity index (χ4n) is 0.578. The molecule has 0 amide bonds. The van der Waals surface area contributed by atoms with E-state index in [0.29, 0.717) is 13.0 Å². The molecule has 0 aromatic heterocycles. The van der Waals surface area contributed by atoms with Crippen molar-refractivity contribution in [2.75, 3.05) is 6.54 Å². The summed E-state index contributed by atoms with van der Waals surface area (Å²) in [5.74, 6) is 0. The zero-order chi connectivity index (χ0) is 5.11. The highest BCUT2D eigenvalue weighted by Gasteiger charge is 2.03. The summed E-state index contributed by atoms with van der Waals surface area (Å²) in [6.07, 6.45) is 3.50. The molecule has 1 aliphatic rings. The second-order valence-corrected chi connectivity index (χ2v) is 1.64.